The van der Waals surface area contributed by atoms with Crippen LogP contribution in [0.25, 0.3) is 0 Å². The van der Waals surface area contributed by atoms with E-state index in [0.717, 1.165) is 7.11 Å². The number of nitrogens with two attached hydrogens (primary N) is 1. The van der Waals surface area contributed by atoms with E-state index in [-0.39, 0.29) is 73.1 Å². The van der Waals surface area contributed by atoms with Crippen molar-refractivity contribution in [1.82, 2.24) is 19.8 Å². The van der Waals surface area contributed by atoms with Crippen LogP contribution in [0.5, 0.6) is 0 Å². The number of esters is 2. The largest absolute Gasteiger partial charge is 0.465 e. The summed E-state index contributed by atoms with van der Waals surface area (Å²) >= 11 is 12.2. The molecule has 4 heterocycles. The zero-order valence-electron chi connectivity index (χ0n) is 36.6. The van der Waals surface area contributed by atoms with Crippen LogP contribution in [-0.4, -0.2) is 86.3 Å². The van der Waals surface area contributed by atoms with Crippen LogP contribution in [0.3, 0.4) is 0 Å². The fraction of sp³-hybridized carbons (Fsp3) is 0.200. The number of amides is 2. The molecule has 16 nitrogen and oxygen atoms in total. The van der Waals surface area contributed by atoms with Crippen molar-refractivity contribution in [3.8, 4) is 0 Å². The Balaban J connectivity index is 0.000000202. The van der Waals surface area contributed by atoms with E-state index in [2.05, 4.69) is 14.7 Å². The highest BCUT2D eigenvalue weighted by atomic mass is 35.5. The summed E-state index contributed by atoms with van der Waals surface area (Å²) < 4.78 is 9.37. The lowest BCUT2D eigenvalue weighted by atomic mass is 9.99. The van der Waals surface area contributed by atoms with Gasteiger partial charge in [-0.05, 0) is 101 Å². The van der Waals surface area contributed by atoms with E-state index >= 15 is 0 Å². The molecule has 18 heteroatoms. The molecule has 0 unspecified atom stereocenters. The average Bonchev–Trinajstić information content (AvgIpc) is 3.48. The molecule has 0 spiro atoms. The normalized spacial score (nSPS) is 15.5. The molecule has 346 valence electrons. The predicted molar refractivity (Wildman–Crippen MR) is 250 cm³/mol. The average molecular weight is 958 g/mol. The lowest BCUT2D eigenvalue weighted by molar-refractivity contribution is -0.385. The highest BCUT2D eigenvalue weighted by molar-refractivity contribution is 6.31. The second kappa shape index (κ2) is 21.2. The molecule has 2 amide bonds. The van der Waals surface area contributed by atoms with E-state index in [1.165, 1.54) is 30.2 Å². The summed E-state index contributed by atoms with van der Waals surface area (Å²) in [5, 5.41) is 12.5. The Kier molecular flexibility index (Phi) is 15.0. The zero-order valence-corrected chi connectivity index (χ0v) is 38.1. The molecule has 2 aliphatic rings. The first-order valence-electron chi connectivity index (χ1n) is 21.0. The minimum atomic E-state index is -0.858. The SMILES string of the molecule is COC(=O)c1ccc(CN2C(=O)c3ccc(Cl)cc3CC(=O)[C@H]2Cc2ccccn2)cc1N.COC(=O)c1ccc(CN2C(=O)c3ccc(Cl)cc3CC(=O)[C@H]2Cc2ccccn2)cc1[N+](=O)[O-]. The van der Waals surface area contributed by atoms with Crippen LogP contribution in [-0.2, 0) is 57.8 Å². The Hall–Kier alpha value is -7.82. The van der Waals surface area contributed by atoms with Crippen molar-refractivity contribution < 1.29 is 43.2 Å². The van der Waals surface area contributed by atoms with Crippen LogP contribution >= 0.6 is 23.2 Å². The Morgan fingerprint density at radius 2 is 1.12 bits per heavy atom. The molecule has 68 heavy (non-hydrogen) atoms. The number of rotatable bonds is 11. The number of anilines is 1. The molecular formula is C50H42Cl2N6O10. The first-order chi connectivity index (χ1) is 32.6. The number of carbonyl (C=O) groups is 6. The number of nitrogens with zero attached hydrogens (tertiary/aromatic N) is 5. The van der Waals surface area contributed by atoms with Gasteiger partial charge in [-0.25, -0.2) is 9.59 Å². The molecule has 2 aliphatic heterocycles. The molecule has 2 N–H and O–H groups in total. The number of Topliss-reactive ketones (excluding diaryl/α,β-unsaturated/α-hetero) is 2. The number of benzene rings is 4. The summed E-state index contributed by atoms with van der Waals surface area (Å²) in [4.78, 5) is 100. The number of fused-ring (bicyclic) bond motifs is 2. The summed E-state index contributed by atoms with van der Waals surface area (Å²) in [7, 11) is 2.41. The highest BCUT2D eigenvalue weighted by Crippen LogP contribution is 2.30. The third-order valence-electron chi connectivity index (χ3n) is 11.5. The molecule has 0 aliphatic carbocycles. The molecule has 0 saturated carbocycles. The fourth-order valence-corrected chi connectivity index (χ4v) is 8.53. The van der Waals surface area contributed by atoms with Crippen molar-refractivity contribution in [3.05, 3.63) is 198 Å². The minimum Gasteiger partial charge on any atom is -0.465 e. The molecule has 0 fully saturated rings. The summed E-state index contributed by atoms with van der Waals surface area (Å²) in [6.45, 7) is 0.0439. The van der Waals surface area contributed by atoms with Gasteiger partial charge >= 0.3 is 11.9 Å². The van der Waals surface area contributed by atoms with Gasteiger partial charge in [0, 0.05) is 95.5 Å². The summed E-state index contributed by atoms with van der Waals surface area (Å²) in [6.07, 6.45) is 3.82. The van der Waals surface area contributed by atoms with E-state index in [4.69, 9.17) is 33.7 Å². The lowest BCUT2D eigenvalue weighted by Gasteiger charge is -2.29. The van der Waals surface area contributed by atoms with Gasteiger partial charge in [0.1, 0.15) is 5.56 Å². The number of carbonyl (C=O) groups excluding carboxylic acids is 6. The number of aromatic nitrogens is 2. The zero-order chi connectivity index (χ0) is 48.6. The van der Waals surface area contributed by atoms with Gasteiger partial charge in [0.15, 0.2) is 11.6 Å². The predicted octanol–water partition coefficient (Wildman–Crippen LogP) is 7.29. The van der Waals surface area contributed by atoms with Crippen LogP contribution in [0, 0.1) is 10.1 Å². The maximum atomic E-state index is 13.6. The standard InChI is InChI=1S/C25H20ClN3O6.C25H22ClN3O4/c1-35-25(32)20-7-5-15(10-21(20)29(33)34)14-28-22(13-18-4-2-3-9-27-18)23(30)12-16-11-17(26)6-8-19(16)24(28)31;1-33-25(32)20-7-5-15(10-21(20)27)14-29-22(13-18-4-2-3-9-28-18)23(30)12-16-11-17(26)6-8-19(16)24(29)31/h2-11,22H,12-14H2,1H3;2-11,22H,12-14,27H2,1H3/t2*22-/m11/s1. The van der Waals surface area contributed by atoms with Gasteiger partial charge in [-0.1, -0.05) is 47.5 Å². The van der Waals surface area contributed by atoms with Gasteiger partial charge in [-0.2, -0.15) is 0 Å². The number of hydrogen-bond acceptors (Lipinski definition) is 13. The van der Waals surface area contributed by atoms with Gasteiger partial charge < -0.3 is 25.0 Å². The summed E-state index contributed by atoms with van der Waals surface area (Å²) in [6, 6.07) is 27.8. The number of nitro groups is 1. The second-order valence-corrected chi connectivity index (χ2v) is 16.7. The van der Waals surface area contributed by atoms with E-state index in [9.17, 15) is 38.9 Å². The van der Waals surface area contributed by atoms with Crippen molar-refractivity contribution in [3.63, 3.8) is 0 Å². The molecule has 0 radical (unpaired) electrons. The minimum absolute atomic E-state index is 0.0110. The molecule has 0 bridgehead atoms. The molecule has 0 saturated heterocycles. The second-order valence-electron chi connectivity index (χ2n) is 15.9. The molecule has 2 atom stereocenters. The number of nitro benzene ring substituents is 1. The molecule has 8 rings (SSSR count). The fourth-order valence-electron chi connectivity index (χ4n) is 8.14. The van der Waals surface area contributed by atoms with Crippen molar-refractivity contribution in [2.75, 3.05) is 20.0 Å². The van der Waals surface area contributed by atoms with Crippen molar-refractivity contribution in [2.24, 2.45) is 0 Å². The highest BCUT2D eigenvalue weighted by Gasteiger charge is 2.38. The Morgan fingerprint density at radius 3 is 1.54 bits per heavy atom. The maximum Gasteiger partial charge on any atom is 0.344 e. The van der Waals surface area contributed by atoms with E-state index in [1.807, 2.05) is 12.1 Å². The van der Waals surface area contributed by atoms with Crippen LogP contribution in [0.15, 0.2) is 122 Å². The van der Waals surface area contributed by atoms with Gasteiger partial charge in [-0.3, -0.25) is 39.3 Å². The number of methoxy groups -OCH3 is 2. The monoisotopic (exact) mass is 956 g/mol. The molecule has 2 aromatic heterocycles. The van der Waals surface area contributed by atoms with Crippen molar-refractivity contribution in [1.29, 1.82) is 0 Å². The summed E-state index contributed by atoms with van der Waals surface area (Å²) in [5.41, 5.74) is 10.2. The number of nitrogen functional groups attached to an aromatic ring is 1. The molecule has 4 aromatic carbocycles. The van der Waals surface area contributed by atoms with Gasteiger partial charge in [-0.15, -0.1) is 0 Å². The quantitative estimate of drug-likeness (QED) is 0.0584. The van der Waals surface area contributed by atoms with Crippen LogP contribution in [0.2, 0.25) is 10.0 Å². The van der Waals surface area contributed by atoms with Gasteiger partial charge in [0.25, 0.3) is 17.5 Å². The third-order valence-corrected chi connectivity index (χ3v) is 12.0. The Labute approximate surface area is 399 Å². The van der Waals surface area contributed by atoms with Crippen LogP contribution in [0.1, 0.15) is 75.1 Å². The first-order valence-corrected chi connectivity index (χ1v) is 21.8. The van der Waals surface area contributed by atoms with Crippen molar-refractivity contribution in [2.45, 2.75) is 50.9 Å². The number of ketones is 2. The number of ether oxygens (including phenoxy) is 2. The van der Waals surface area contributed by atoms with E-state index in [0.29, 0.717) is 54.8 Å². The topological polar surface area (TPSA) is 222 Å². The summed E-state index contributed by atoms with van der Waals surface area (Å²) in [5.74, 6) is -2.37. The Bertz CT molecular complexity index is 2950. The Morgan fingerprint density at radius 1 is 0.662 bits per heavy atom. The number of hydrogen-bond donors (Lipinski definition) is 1. The van der Waals surface area contributed by atoms with E-state index < -0.39 is 40.5 Å². The third kappa shape index (κ3) is 10.9. The first kappa shape index (κ1) is 48.1. The smallest absolute Gasteiger partial charge is 0.344 e. The number of pyridine rings is 2. The van der Waals surface area contributed by atoms with Crippen LogP contribution < -0.4 is 5.73 Å². The van der Waals surface area contributed by atoms with Gasteiger partial charge in [0.05, 0.1) is 36.8 Å². The van der Waals surface area contributed by atoms with E-state index in [1.54, 1.807) is 96.2 Å². The van der Waals surface area contributed by atoms with Crippen molar-refractivity contribution >= 4 is 69.9 Å². The van der Waals surface area contributed by atoms with Gasteiger partial charge in [0.2, 0.25) is 0 Å². The molecule has 6 aromatic rings. The number of halogens is 2. The van der Waals surface area contributed by atoms with Crippen LogP contribution in [0.4, 0.5) is 11.4 Å². The maximum absolute atomic E-state index is 13.6. The lowest BCUT2D eigenvalue weighted by Crippen LogP contribution is -2.45. The molecular weight excluding hydrogens is 915 g/mol.